The minimum Gasteiger partial charge on any atom is -0.305 e. The van der Waals surface area contributed by atoms with Crippen LogP contribution in [-0.4, -0.2) is 15.5 Å². The number of thiazole rings is 1. The van der Waals surface area contributed by atoms with E-state index in [1.807, 2.05) is 70.6 Å². The molecule has 0 atom stereocenters. The van der Waals surface area contributed by atoms with Crippen molar-refractivity contribution in [2.24, 2.45) is 0 Å². The first-order valence-electron chi connectivity index (χ1n) is 7.20. The summed E-state index contributed by atoms with van der Waals surface area (Å²) in [4.78, 5) is 16.8. The molecule has 0 aliphatic carbocycles. The fourth-order valence-electron chi connectivity index (χ4n) is 2.62. The van der Waals surface area contributed by atoms with Gasteiger partial charge in [-0.15, -0.1) is 11.3 Å². The van der Waals surface area contributed by atoms with Crippen LogP contribution in [0.15, 0.2) is 72.2 Å². The molecule has 112 valence electrons. The average Bonchev–Trinajstić information content (AvgIpc) is 3.22. The number of carbonyl (C=O) groups excluding carboxylic acids is 1. The number of amides is 1. The van der Waals surface area contributed by atoms with Gasteiger partial charge in [-0.05, 0) is 24.3 Å². The van der Waals surface area contributed by atoms with Crippen LogP contribution in [0.25, 0.3) is 16.6 Å². The third-order valence-electron chi connectivity index (χ3n) is 3.61. The molecule has 2 aromatic heterocycles. The number of hydrogen-bond donors (Lipinski definition) is 1. The maximum atomic E-state index is 12.7. The molecule has 4 nitrogen and oxygen atoms in total. The van der Waals surface area contributed by atoms with Crippen molar-refractivity contribution in [1.29, 1.82) is 0 Å². The molecule has 4 aromatic rings. The van der Waals surface area contributed by atoms with E-state index in [0.29, 0.717) is 10.8 Å². The second kappa shape index (κ2) is 5.70. The summed E-state index contributed by atoms with van der Waals surface area (Å²) in [5, 5.41) is 6.32. The lowest BCUT2D eigenvalue weighted by Crippen LogP contribution is -2.16. The molecule has 0 spiro atoms. The van der Waals surface area contributed by atoms with Crippen molar-refractivity contribution < 1.29 is 4.79 Å². The molecular formula is C18H13N3OS. The Kier molecular flexibility index (Phi) is 3.40. The lowest BCUT2D eigenvalue weighted by molar-refractivity contribution is 0.102. The van der Waals surface area contributed by atoms with Crippen LogP contribution in [0.2, 0.25) is 0 Å². The van der Waals surface area contributed by atoms with E-state index in [1.54, 1.807) is 6.20 Å². The quantitative estimate of drug-likeness (QED) is 0.610. The van der Waals surface area contributed by atoms with Crippen molar-refractivity contribution in [1.82, 2.24) is 9.55 Å². The van der Waals surface area contributed by atoms with Gasteiger partial charge in [0.05, 0.1) is 5.52 Å². The molecule has 0 aliphatic rings. The van der Waals surface area contributed by atoms with Crippen molar-refractivity contribution in [2.75, 3.05) is 5.32 Å². The molecule has 23 heavy (non-hydrogen) atoms. The van der Waals surface area contributed by atoms with Gasteiger partial charge in [0, 0.05) is 22.7 Å². The highest BCUT2D eigenvalue weighted by molar-refractivity contribution is 7.13. The molecular weight excluding hydrogens is 306 g/mol. The van der Waals surface area contributed by atoms with Crippen molar-refractivity contribution >= 4 is 33.3 Å². The molecule has 1 amide bonds. The van der Waals surface area contributed by atoms with E-state index in [2.05, 4.69) is 10.3 Å². The van der Waals surface area contributed by atoms with E-state index in [4.69, 9.17) is 0 Å². The number of benzene rings is 2. The zero-order valence-electron chi connectivity index (χ0n) is 12.1. The van der Waals surface area contributed by atoms with Gasteiger partial charge in [-0.1, -0.05) is 36.4 Å². The number of para-hydroxylation sites is 2. The van der Waals surface area contributed by atoms with Crippen LogP contribution in [0.1, 0.15) is 10.5 Å². The van der Waals surface area contributed by atoms with Crippen molar-refractivity contribution in [2.45, 2.75) is 0 Å². The molecule has 1 N–H and O–H groups in total. The predicted molar refractivity (Wildman–Crippen MR) is 93.3 cm³/mol. The number of nitrogens with zero attached hydrogens (tertiary/aromatic N) is 2. The molecule has 0 unspecified atom stereocenters. The van der Waals surface area contributed by atoms with E-state index in [1.165, 1.54) is 11.3 Å². The number of anilines is 1. The van der Waals surface area contributed by atoms with Gasteiger partial charge in [0.2, 0.25) is 0 Å². The van der Waals surface area contributed by atoms with Crippen LogP contribution in [0.3, 0.4) is 0 Å². The predicted octanol–water partition coefficient (Wildman–Crippen LogP) is 4.34. The zero-order chi connectivity index (χ0) is 15.6. The van der Waals surface area contributed by atoms with Crippen LogP contribution < -0.4 is 5.32 Å². The number of hydrogen-bond acceptors (Lipinski definition) is 3. The van der Waals surface area contributed by atoms with Gasteiger partial charge >= 0.3 is 0 Å². The van der Waals surface area contributed by atoms with Crippen LogP contribution in [0.5, 0.6) is 0 Å². The third kappa shape index (κ3) is 2.51. The minimum absolute atomic E-state index is 0.167. The van der Waals surface area contributed by atoms with Gasteiger partial charge in [-0.25, -0.2) is 4.98 Å². The molecule has 0 aliphatic heterocycles. The van der Waals surface area contributed by atoms with Crippen molar-refractivity contribution in [3.63, 3.8) is 0 Å². The summed E-state index contributed by atoms with van der Waals surface area (Å²) in [6, 6.07) is 19.8. The third-order valence-corrected chi connectivity index (χ3v) is 4.30. The number of carbonyl (C=O) groups is 1. The monoisotopic (exact) mass is 319 g/mol. The minimum atomic E-state index is -0.167. The second-order valence-electron chi connectivity index (χ2n) is 5.05. The van der Waals surface area contributed by atoms with E-state index >= 15 is 0 Å². The number of fused-ring (bicyclic) bond motifs is 1. The van der Waals surface area contributed by atoms with Gasteiger partial charge in [-0.3, -0.25) is 10.1 Å². The van der Waals surface area contributed by atoms with Gasteiger partial charge in [0.1, 0.15) is 5.69 Å². The number of rotatable bonds is 3. The highest BCUT2D eigenvalue weighted by atomic mass is 32.1. The molecule has 0 saturated heterocycles. The summed E-state index contributed by atoms with van der Waals surface area (Å²) in [5.74, 6) is -0.167. The Hall–Kier alpha value is -2.92. The molecule has 5 heteroatoms. The zero-order valence-corrected chi connectivity index (χ0v) is 13.0. The largest absolute Gasteiger partial charge is 0.305 e. The average molecular weight is 319 g/mol. The lowest BCUT2D eigenvalue weighted by Gasteiger charge is -2.10. The lowest BCUT2D eigenvalue weighted by atomic mass is 10.2. The maximum absolute atomic E-state index is 12.7. The summed E-state index contributed by atoms with van der Waals surface area (Å²) in [7, 11) is 0. The second-order valence-corrected chi connectivity index (χ2v) is 5.95. The molecule has 4 rings (SSSR count). The summed E-state index contributed by atoms with van der Waals surface area (Å²) in [6.07, 6.45) is 1.67. The van der Waals surface area contributed by atoms with E-state index in [-0.39, 0.29) is 5.91 Å². The van der Waals surface area contributed by atoms with Gasteiger partial charge in [-0.2, -0.15) is 0 Å². The Morgan fingerprint density at radius 3 is 2.61 bits per heavy atom. The van der Waals surface area contributed by atoms with Crippen LogP contribution in [-0.2, 0) is 0 Å². The highest BCUT2D eigenvalue weighted by Gasteiger charge is 2.17. The topological polar surface area (TPSA) is 46.9 Å². The molecule has 2 aromatic carbocycles. The first kappa shape index (κ1) is 13.7. The number of nitrogens with one attached hydrogen (secondary N) is 1. The Morgan fingerprint density at radius 2 is 1.83 bits per heavy atom. The van der Waals surface area contributed by atoms with Gasteiger partial charge in [0.15, 0.2) is 5.13 Å². The molecule has 0 radical (unpaired) electrons. The van der Waals surface area contributed by atoms with Crippen molar-refractivity contribution in [3.8, 4) is 5.69 Å². The van der Waals surface area contributed by atoms with E-state index in [0.717, 1.165) is 16.6 Å². The first-order chi connectivity index (χ1) is 11.3. The molecule has 0 bridgehead atoms. The first-order valence-corrected chi connectivity index (χ1v) is 8.07. The van der Waals surface area contributed by atoms with Gasteiger partial charge in [0.25, 0.3) is 5.91 Å². The summed E-state index contributed by atoms with van der Waals surface area (Å²) >= 11 is 1.40. The fourth-order valence-corrected chi connectivity index (χ4v) is 3.15. The molecule has 0 saturated carbocycles. The van der Waals surface area contributed by atoms with E-state index in [9.17, 15) is 4.79 Å². The van der Waals surface area contributed by atoms with Crippen molar-refractivity contribution in [3.05, 3.63) is 77.9 Å². The Labute approximate surface area is 137 Å². The van der Waals surface area contributed by atoms with E-state index < -0.39 is 0 Å². The fraction of sp³-hybridized carbons (Fsp3) is 0. The SMILES string of the molecule is O=C(Nc1nccs1)c1cc2ccccc2n1-c1ccccc1. The smallest absolute Gasteiger partial charge is 0.274 e. The van der Waals surface area contributed by atoms with Gasteiger partial charge < -0.3 is 4.57 Å². The highest BCUT2D eigenvalue weighted by Crippen LogP contribution is 2.25. The van der Waals surface area contributed by atoms with Crippen LogP contribution in [0.4, 0.5) is 5.13 Å². The Balaban J connectivity index is 1.87. The van der Waals surface area contributed by atoms with Crippen LogP contribution >= 0.6 is 11.3 Å². The Bertz CT molecular complexity index is 959. The molecule has 2 heterocycles. The molecule has 0 fully saturated rings. The summed E-state index contributed by atoms with van der Waals surface area (Å²) < 4.78 is 1.97. The summed E-state index contributed by atoms with van der Waals surface area (Å²) in [6.45, 7) is 0. The number of aromatic nitrogens is 2. The summed E-state index contributed by atoms with van der Waals surface area (Å²) in [5.41, 5.74) is 2.55. The maximum Gasteiger partial charge on any atom is 0.274 e. The standard InChI is InChI=1S/C18H13N3OS/c22-17(20-18-19-10-11-23-18)16-12-13-6-4-5-9-15(13)21(16)14-7-2-1-3-8-14/h1-12H,(H,19,20,22). The normalized spacial score (nSPS) is 10.8. The Morgan fingerprint density at radius 1 is 1.04 bits per heavy atom. The van der Waals surface area contributed by atoms with Crippen LogP contribution in [0, 0.1) is 0 Å².